The highest BCUT2D eigenvalue weighted by atomic mass is 32.2. The van der Waals surface area contributed by atoms with Crippen molar-refractivity contribution in [2.75, 3.05) is 32.2 Å². The summed E-state index contributed by atoms with van der Waals surface area (Å²) < 4.78 is 45.4. The van der Waals surface area contributed by atoms with Crippen LogP contribution in [0.1, 0.15) is 45.2 Å². The fourth-order valence-electron chi connectivity index (χ4n) is 4.65. The molecule has 0 aliphatic carbocycles. The predicted octanol–water partition coefficient (Wildman–Crippen LogP) is 4.94. The molecule has 0 spiro atoms. The summed E-state index contributed by atoms with van der Waals surface area (Å²) in [6.07, 6.45) is 0.310. The summed E-state index contributed by atoms with van der Waals surface area (Å²) in [5.41, 5.74) is 1.30. The molecule has 0 saturated carbocycles. The summed E-state index contributed by atoms with van der Waals surface area (Å²) in [5, 5.41) is 2.97. The highest BCUT2D eigenvalue weighted by molar-refractivity contribution is 7.92. The van der Waals surface area contributed by atoms with E-state index in [2.05, 4.69) is 5.32 Å². The number of hydrogen-bond donors (Lipinski definition) is 1. The van der Waals surface area contributed by atoms with Crippen molar-refractivity contribution < 1.29 is 32.2 Å². The maximum Gasteiger partial charge on any atom is 0.264 e. The summed E-state index contributed by atoms with van der Waals surface area (Å²) >= 11 is 0. The number of nitrogens with one attached hydrogen (secondary N) is 1. The third-order valence-corrected chi connectivity index (χ3v) is 8.73. The SMILES string of the molecule is CC[C@@H](C(=O)NC(C)(C)C)N(Cc1ccc(OC)cc1)C(=O)CN(c1ccc(OC)c(OC)c1)S(=O)(=O)c1ccc(C)cc1. The van der Waals surface area contributed by atoms with Crippen molar-refractivity contribution in [3.8, 4) is 17.2 Å². The Morgan fingerprint density at radius 2 is 1.48 bits per heavy atom. The van der Waals surface area contributed by atoms with Gasteiger partial charge in [0.2, 0.25) is 11.8 Å². The molecular formula is C33H43N3O7S. The average molecular weight is 626 g/mol. The number of ether oxygens (including phenoxy) is 3. The van der Waals surface area contributed by atoms with E-state index in [0.29, 0.717) is 23.7 Å². The molecule has 0 heterocycles. The third kappa shape index (κ3) is 8.43. The van der Waals surface area contributed by atoms with Crippen LogP contribution in [0.5, 0.6) is 17.2 Å². The monoisotopic (exact) mass is 625 g/mol. The van der Waals surface area contributed by atoms with Gasteiger partial charge < -0.3 is 24.4 Å². The van der Waals surface area contributed by atoms with Crippen LogP contribution in [0, 0.1) is 6.92 Å². The Labute approximate surface area is 261 Å². The Hall–Kier alpha value is -4.25. The topological polar surface area (TPSA) is 114 Å². The van der Waals surface area contributed by atoms with E-state index in [1.807, 2.05) is 46.8 Å². The summed E-state index contributed by atoms with van der Waals surface area (Å²) in [6.45, 7) is 8.76. The van der Waals surface area contributed by atoms with Crippen LogP contribution in [0.3, 0.4) is 0 Å². The zero-order valence-corrected chi connectivity index (χ0v) is 27.5. The van der Waals surface area contributed by atoms with E-state index in [0.717, 1.165) is 15.4 Å². The van der Waals surface area contributed by atoms with Crippen LogP contribution in [-0.4, -0.2) is 64.6 Å². The summed E-state index contributed by atoms with van der Waals surface area (Å²) in [7, 11) is 0.251. The number of amides is 2. The lowest BCUT2D eigenvalue weighted by molar-refractivity contribution is -0.141. The summed E-state index contributed by atoms with van der Waals surface area (Å²) in [4.78, 5) is 29.2. The van der Waals surface area contributed by atoms with Gasteiger partial charge in [-0.1, -0.05) is 36.8 Å². The maximum absolute atomic E-state index is 14.3. The van der Waals surface area contributed by atoms with Gasteiger partial charge >= 0.3 is 0 Å². The van der Waals surface area contributed by atoms with E-state index < -0.39 is 34.1 Å². The molecule has 11 heteroatoms. The first-order valence-corrected chi connectivity index (χ1v) is 15.7. The first-order chi connectivity index (χ1) is 20.7. The molecule has 3 aromatic rings. The molecule has 1 atom stereocenters. The lowest BCUT2D eigenvalue weighted by Crippen LogP contribution is -2.55. The van der Waals surface area contributed by atoms with Crippen LogP contribution in [0.2, 0.25) is 0 Å². The molecule has 0 aliphatic rings. The number of nitrogens with zero attached hydrogens (tertiary/aromatic N) is 2. The lowest BCUT2D eigenvalue weighted by Gasteiger charge is -2.35. The Kier molecular flexibility index (Phi) is 11.3. The minimum Gasteiger partial charge on any atom is -0.497 e. The number of hydrogen-bond acceptors (Lipinski definition) is 7. The first-order valence-electron chi connectivity index (χ1n) is 14.3. The molecule has 0 aliphatic heterocycles. The number of sulfonamides is 1. The van der Waals surface area contributed by atoms with Crippen molar-refractivity contribution in [3.05, 3.63) is 77.9 Å². The van der Waals surface area contributed by atoms with E-state index in [1.54, 1.807) is 43.5 Å². The molecule has 1 N–H and O–H groups in total. The van der Waals surface area contributed by atoms with Crippen molar-refractivity contribution in [3.63, 3.8) is 0 Å². The number of methoxy groups -OCH3 is 3. The van der Waals surface area contributed by atoms with Gasteiger partial charge in [-0.05, 0) is 76.1 Å². The molecule has 3 aromatic carbocycles. The number of benzene rings is 3. The van der Waals surface area contributed by atoms with E-state index >= 15 is 0 Å². The predicted molar refractivity (Wildman–Crippen MR) is 171 cm³/mol. The van der Waals surface area contributed by atoms with Crippen molar-refractivity contribution in [1.29, 1.82) is 0 Å². The van der Waals surface area contributed by atoms with Gasteiger partial charge in [-0.25, -0.2) is 8.42 Å². The van der Waals surface area contributed by atoms with Gasteiger partial charge in [0.25, 0.3) is 10.0 Å². The number of rotatable bonds is 13. The van der Waals surface area contributed by atoms with Crippen molar-refractivity contribution in [2.45, 2.75) is 64.1 Å². The standard InChI is InChI=1S/C33H43N3O7S/c1-9-28(32(38)34-33(3,4)5)35(21-24-12-15-26(41-6)16-13-24)31(37)22-36(25-14-19-29(42-7)30(20-25)43-8)44(39,40)27-17-10-23(2)11-18-27/h10-20,28H,9,21-22H2,1-8H3,(H,34,38)/t28-/m0/s1. The van der Waals surface area contributed by atoms with Crippen LogP contribution in [0.15, 0.2) is 71.6 Å². The molecule has 2 amide bonds. The minimum absolute atomic E-state index is 0.0184. The van der Waals surface area contributed by atoms with Gasteiger partial charge in [0, 0.05) is 18.2 Å². The zero-order valence-electron chi connectivity index (χ0n) is 26.7. The molecule has 44 heavy (non-hydrogen) atoms. The lowest BCUT2D eigenvalue weighted by atomic mass is 10.1. The second-order valence-electron chi connectivity index (χ2n) is 11.4. The zero-order chi connectivity index (χ0) is 32.7. The Bertz CT molecular complexity index is 1530. The smallest absolute Gasteiger partial charge is 0.264 e. The Morgan fingerprint density at radius 3 is 2.00 bits per heavy atom. The fraction of sp³-hybridized carbons (Fsp3) is 0.394. The van der Waals surface area contributed by atoms with E-state index in [1.165, 1.54) is 37.3 Å². The van der Waals surface area contributed by atoms with Crippen molar-refractivity contribution in [1.82, 2.24) is 10.2 Å². The number of carbonyl (C=O) groups is 2. The summed E-state index contributed by atoms with van der Waals surface area (Å²) in [6, 6.07) is 17.3. The second-order valence-corrected chi connectivity index (χ2v) is 13.3. The minimum atomic E-state index is -4.23. The molecule has 0 radical (unpaired) electrons. The van der Waals surface area contributed by atoms with Gasteiger partial charge in [-0.15, -0.1) is 0 Å². The van der Waals surface area contributed by atoms with Crippen LogP contribution in [0.25, 0.3) is 0 Å². The van der Waals surface area contributed by atoms with Gasteiger partial charge in [0.05, 0.1) is 31.9 Å². The quantitative estimate of drug-likeness (QED) is 0.286. The van der Waals surface area contributed by atoms with Crippen molar-refractivity contribution >= 4 is 27.5 Å². The van der Waals surface area contributed by atoms with E-state index in [-0.39, 0.29) is 23.0 Å². The molecular weight excluding hydrogens is 582 g/mol. The molecule has 0 bridgehead atoms. The van der Waals surface area contributed by atoms with Gasteiger partial charge in [0.1, 0.15) is 18.3 Å². The maximum atomic E-state index is 14.3. The molecule has 238 valence electrons. The summed E-state index contributed by atoms with van der Waals surface area (Å²) in [5.74, 6) is 0.463. The average Bonchev–Trinajstić information content (AvgIpc) is 2.98. The molecule has 0 unspecified atom stereocenters. The highest BCUT2D eigenvalue weighted by Gasteiger charge is 2.35. The molecule has 0 fully saturated rings. The largest absolute Gasteiger partial charge is 0.497 e. The van der Waals surface area contributed by atoms with Crippen molar-refractivity contribution in [2.24, 2.45) is 0 Å². The number of aryl methyl sites for hydroxylation is 1. The second kappa shape index (κ2) is 14.5. The van der Waals surface area contributed by atoms with Crippen LogP contribution in [-0.2, 0) is 26.2 Å². The van der Waals surface area contributed by atoms with Gasteiger partial charge in [-0.3, -0.25) is 13.9 Å². The van der Waals surface area contributed by atoms with Gasteiger partial charge in [-0.2, -0.15) is 0 Å². The molecule has 0 saturated heterocycles. The number of carbonyl (C=O) groups excluding carboxylic acids is 2. The van der Waals surface area contributed by atoms with E-state index in [9.17, 15) is 18.0 Å². The Morgan fingerprint density at radius 1 is 0.864 bits per heavy atom. The fourth-order valence-corrected chi connectivity index (χ4v) is 6.05. The highest BCUT2D eigenvalue weighted by Crippen LogP contribution is 2.34. The first kappa shape index (κ1) is 34.2. The molecule has 10 nitrogen and oxygen atoms in total. The third-order valence-electron chi connectivity index (χ3n) is 6.94. The number of anilines is 1. The van der Waals surface area contributed by atoms with Gasteiger partial charge in [0.15, 0.2) is 11.5 Å². The van der Waals surface area contributed by atoms with Crippen LogP contribution < -0.4 is 23.8 Å². The molecule has 3 rings (SSSR count). The molecule has 0 aromatic heterocycles. The Balaban J connectivity index is 2.12. The van der Waals surface area contributed by atoms with Crippen LogP contribution in [0.4, 0.5) is 5.69 Å². The van der Waals surface area contributed by atoms with Crippen LogP contribution >= 0.6 is 0 Å². The normalized spacial score (nSPS) is 12.2. The van der Waals surface area contributed by atoms with E-state index in [4.69, 9.17) is 14.2 Å².